The van der Waals surface area contributed by atoms with Crippen LogP contribution in [0.1, 0.15) is 5.56 Å². The summed E-state index contributed by atoms with van der Waals surface area (Å²) in [6.45, 7) is 0.482. The van der Waals surface area contributed by atoms with Crippen molar-refractivity contribution in [1.29, 1.82) is 0 Å². The van der Waals surface area contributed by atoms with Crippen LogP contribution in [0.3, 0.4) is 0 Å². The van der Waals surface area contributed by atoms with E-state index in [2.05, 4.69) is 10.3 Å². The molecular weight excluding hydrogens is 344 g/mol. The molecule has 0 fully saturated rings. The van der Waals surface area contributed by atoms with Gasteiger partial charge in [-0.25, -0.2) is 4.98 Å². The first-order valence-corrected chi connectivity index (χ1v) is 8.55. The molecule has 2 aromatic carbocycles. The Hall–Kier alpha value is -2.21. The molecule has 4 nitrogen and oxygen atoms in total. The summed E-state index contributed by atoms with van der Waals surface area (Å²) in [5, 5.41) is 13.1. The van der Waals surface area contributed by atoms with Gasteiger partial charge in [-0.15, -0.1) is 11.3 Å². The summed E-state index contributed by atoms with van der Waals surface area (Å²) in [5.41, 5.74) is 3.13. The third-order valence-corrected chi connectivity index (χ3v) is 4.75. The van der Waals surface area contributed by atoms with Crippen LogP contribution in [0.4, 0.5) is 0 Å². The highest BCUT2D eigenvalue weighted by atomic mass is 35.5. The number of aliphatic carboxylic acids is 1. The molecule has 0 saturated carbocycles. The fraction of sp³-hybridized carbons (Fsp3) is 0.111. The summed E-state index contributed by atoms with van der Waals surface area (Å²) >= 11 is 7.65. The molecule has 1 aromatic heterocycles. The summed E-state index contributed by atoms with van der Waals surface area (Å²) < 4.78 is 0. The van der Waals surface area contributed by atoms with Crippen LogP contribution < -0.4 is 5.32 Å². The Labute approximate surface area is 148 Å². The van der Waals surface area contributed by atoms with E-state index in [1.54, 1.807) is 11.3 Å². The van der Waals surface area contributed by atoms with E-state index in [-0.39, 0.29) is 6.54 Å². The van der Waals surface area contributed by atoms with Gasteiger partial charge in [0.05, 0.1) is 11.4 Å². The molecule has 0 bridgehead atoms. The number of hydrogen-bond acceptors (Lipinski definition) is 4. The lowest BCUT2D eigenvalue weighted by atomic mass is 10.1. The first kappa shape index (κ1) is 16.6. The Morgan fingerprint density at radius 2 is 1.96 bits per heavy atom. The first-order valence-electron chi connectivity index (χ1n) is 7.35. The van der Waals surface area contributed by atoms with Crippen molar-refractivity contribution in [3.8, 4) is 21.0 Å². The monoisotopic (exact) mass is 358 g/mol. The second kappa shape index (κ2) is 7.57. The Balaban J connectivity index is 1.72. The van der Waals surface area contributed by atoms with Crippen LogP contribution >= 0.6 is 22.9 Å². The van der Waals surface area contributed by atoms with Crippen molar-refractivity contribution in [1.82, 2.24) is 10.3 Å². The average Bonchev–Trinajstić information content (AvgIpc) is 3.05. The largest absolute Gasteiger partial charge is 0.480 e. The molecule has 1 heterocycles. The number of nitrogens with zero attached hydrogens (tertiary/aromatic N) is 1. The van der Waals surface area contributed by atoms with Crippen LogP contribution in [0.15, 0.2) is 54.7 Å². The lowest BCUT2D eigenvalue weighted by Gasteiger charge is -2.03. The fourth-order valence-electron chi connectivity index (χ4n) is 2.26. The van der Waals surface area contributed by atoms with Crippen LogP contribution in [0.2, 0.25) is 5.02 Å². The van der Waals surface area contributed by atoms with Crippen LogP contribution in [0.5, 0.6) is 0 Å². The molecule has 0 saturated heterocycles. The second-order valence-electron chi connectivity index (χ2n) is 5.23. The van der Waals surface area contributed by atoms with Crippen LogP contribution in [0.25, 0.3) is 21.0 Å². The second-order valence-corrected chi connectivity index (χ2v) is 6.70. The van der Waals surface area contributed by atoms with E-state index in [0.717, 1.165) is 26.6 Å². The quantitative estimate of drug-likeness (QED) is 0.689. The van der Waals surface area contributed by atoms with Gasteiger partial charge in [0, 0.05) is 23.3 Å². The summed E-state index contributed by atoms with van der Waals surface area (Å²) in [6.07, 6.45) is 1.86. The first-order chi connectivity index (χ1) is 11.6. The predicted octanol–water partition coefficient (Wildman–Crippen LogP) is 4.30. The minimum absolute atomic E-state index is 0.0444. The SMILES string of the molecule is O=C(O)CNCc1ccc(-c2ncc(-c3cccc(Cl)c3)s2)cc1. The Morgan fingerprint density at radius 1 is 1.17 bits per heavy atom. The zero-order valence-corrected chi connectivity index (χ0v) is 14.3. The number of hydrogen-bond donors (Lipinski definition) is 2. The summed E-state index contributed by atoms with van der Waals surface area (Å²) in [6, 6.07) is 15.7. The van der Waals surface area contributed by atoms with Gasteiger partial charge in [-0.05, 0) is 23.3 Å². The highest BCUT2D eigenvalue weighted by Crippen LogP contribution is 2.33. The van der Waals surface area contributed by atoms with E-state index in [1.165, 1.54) is 0 Å². The van der Waals surface area contributed by atoms with Crippen molar-refractivity contribution < 1.29 is 9.90 Å². The summed E-state index contributed by atoms with van der Waals surface area (Å²) in [5.74, 6) is -0.858. The zero-order chi connectivity index (χ0) is 16.9. The molecule has 0 spiro atoms. The molecule has 0 atom stereocenters. The van der Waals surface area contributed by atoms with E-state index in [0.29, 0.717) is 11.6 Å². The Bertz CT molecular complexity index is 846. The molecule has 0 aliphatic carbocycles. The number of thiazole rings is 1. The zero-order valence-electron chi connectivity index (χ0n) is 12.7. The molecule has 0 amide bonds. The molecule has 0 unspecified atom stereocenters. The summed E-state index contributed by atoms with van der Waals surface area (Å²) in [4.78, 5) is 16.1. The molecule has 0 radical (unpaired) electrons. The number of halogens is 1. The van der Waals surface area contributed by atoms with Gasteiger partial charge in [0.1, 0.15) is 5.01 Å². The standard InChI is InChI=1S/C18H15ClN2O2S/c19-15-3-1-2-14(8-15)16-10-21-18(24-16)13-6-4-12(5-7-13)9-20-11-17(22)23/h1-8,10,20H,9,11H2,(H,22,23). The van der Waals surface area contributed by atoms with Crippen molar-refractivity contribution in [2.24, 2.45) is 0 Å². The maximum Gasteiger partial charge on any atom is 0.317 e. The van der Waals surface area contributed by atoms with Crippen LogP contribution in [-0.4, -0.2) is 22.6 Å². The highest BCUT2D eigenvalue weighted by Gasteiger charge is 2.07. The highest BCUT2D eigenvalue weighted by molar-refractivity contribution is 7.18. The number of benzene rings is 2. The molecule has 0 aliphatic rings. The van der Waals surface area contributed by atoms with Gasteiger partial charge in [-0.2, -0.15) is 0 Å². The lowest BCUT2D eigenvalue weighted by Crippen LogP contribution is -2.21. The van der Waals surface area contributed by atoms with Crippen molar-refractivity contribution >= 4 is 28.9 Å². The molecule has 2 N–H and O–H groups in total. The summed E-state index contributed by atoms with van der Waals surface area (Å²) in [7, 11) is 0. The third-order valence-electron chi connectivity index (χ3n) is 3.42. The van der Waals surface area contributed by atoms with Crippen molar-refractivity contribution in [3.63, 3.8) is 0 Å². The van der Waals surface area contributed by atoms with E-state index in [4.69, 9.17) is 16.7 Å². The number of carboxylic acid groups (broad SMARTS) is 1. The van der Waals surface area contributed by atoms with Gasteiger partial charge in [0.15, 0.2) is 0 Å². The molecule has 6 heteroatoms. The van der Waals surface area contributed by atoms with Gasteiger partial charge < -0.3 is 10.4 Å². The Kier molecular flexibility index (Phi) is 5.25. The van der Waals surface area contributed by atoms with Gasteiger partial charge in [-0.3, -0.25) is 4.79 Å². The van der Waals surface area contributed by atoms with Gasteiger partial charge in [0.25, 0.3) is 0 Å². The number of rotatable bonds is 6. The molecule has 122 valence electrons. The van der Waals surface area contributed by atoms with Gasteiger partial charge >= 0.3 is 5.97 Å². The number of nitrogens with one attached hydrogen (secondary N) is 1. The van der Waals surface area contributed by atoms with Crippen LogP contribution in [0, 0.1) is 0 Å². The van der Waals surface area contributed by atoms with Crippen molar-refractivity contribution in [2.45, 2.75) is 6.54 Å². The predicted molar refractivity (Wildman–Crippen MR) is 97.3 cm³/mol. The number of carboxylic acids is 1. The van der Waals surface area contributed by atoms with Crippen LogP contribution in [-0.2, 0) is 11.3 Å². The average molecular weight is 359 g/mol. The topological polar surface area (TPSA) is 62.2 Å². The van der Waals surface area contributed by atoms with Crippen molar-refractivity contribution in [2.75, 3.05) is 6.54 Å². The molecule has 3 rings (SSSR count). The number of carbonyl (C=O) groups is 1. The van der Waals surface area contributed by atoms with E-state index >= 15 is 0 Å². The fourth-order valence-corrected chi connectivity index (χ4v) is 3.37. The number of aromatic nitrogens is 1. The lowest BCUT2D eigenvalue weighted by molar-refractivity contribution is -0.135. The molecule has 24 heavy (non-hydrogen) atoms. The molecule has 0 aliphatic heterocycles. The van der Waals surface area contributed by atoms with E-state index in [9.17, 15) is 4.79 Å². The third kappa shape index (κ3) is 4.20. The molecule has 3 aromatic rings. The maximum absolute atomic E-state index is 10.5. The minimum atomic E-state index is -0.858. The van der Waals surface area contributed by atoms with Gasteiger partial charge in [0.2, 0.25) is 0 Å². The van der Waals surface area contributed by atoms with E-state index in [1.807, 2.05) is 54.7 Å². The maximum atomic E-state index is 10.5. The van der Waals surface area contributed by atoms with Gasteiger partial charge in [-0.1, -0.05) is 48.0 Å². The minimum Gasteiger partial charge on any atom is -0.480 e. The molecular formula is C18H15ClN2O2S. The normalized spacial score (nSPS) is 10.7. The smallest absolute Gasteiger partial charge is 0.317 e. The van der Waals surface area contributed by atoms with E-state index < -0.39 is 5.97 Å². The Morgan fingerprint density at radius 3 is 2.67 bits per heavy atom. The van der Waals surface area contributed by atoms with Crippen molar-refractivity contribution in [3.05, 3.63) is 65.3 Å².